The molecule has 0 atom stereocenters. The van der Waals surface area contributed by atoms with Crippen LogP contribution in [0.5, 0.6) is 0 Å². The summed E-state index contributed by atoms with van der Waals surface area (Å²) in [5.74, 6) is 0.150. The molecule has 0 radical (unpaired) electrons. The van der Waals surface area contributed by atoms with E-state index in [9.17, 15) is 4.79 Å². The lowest BCUT2D eigenvalue weighted by Crippen LogP contribution is -2.51. The Hall–Kier alpha value is -1.39. The summed E-state index contributed by atoms with van der Waals surface area (Å²) < 4.78 is 5.63. The van der Waals surface area contributed by atoms with E-state index in [1.165, 1.54) is 0 Å². The van der Waals surface area contributed by atoms with E-state index in [1.807, 2.05) is 43.0 Å². The molecule has 19 heavy (non-hydrogen) atoms. The lowest BCUT2D eigenvalue weighted by atomic mass is 10.0. The second-order valence-corrected chi connectivity index (χ2v) is 5.57. The Balaban J connectivity index is 2.04. The van der Waals surface area contributed by atoms with Crippen LogP contribution in [0.1, 0.15) is 25.0 Å². The van der Waals surface area contributed by atoms with Crippen molar-refractivity contribution in [3.8, 4) is 0 Å². The van der Waals surface area contributed by atoms with E-state index in [1.54, 1.807) is 0 Å². The number of nitrogens with zero attached hydrogens (tertiary/aromatic N) is 1. The molecule has 1 amide bonds. The van der Waals surface area contributed by atoms with Gasteiger partial charge in [-0.3, -0.25) is 4.79 Å². The zero-order valence-electron chi connectivity index (χ0n) is 11.7. The van der Waals surface area contributed by atoms with Gasteiger partial charge in [-0.25, -0.2) is 0 Å². The molecule has 0 aliphatic carbocycles. The molecule has 1 heterocycles. The minimum Gasteiger partial charge on any atom is -0.372 e. The number of amides is 1. The molecule has 1 aromatic carbocycles. The molecule has 0 unspecified atom stereocenters. The lowest BCUT2D eigenvalue weighted by molar-refractivity contribution is -0.145. The van der Waals surface area contributed by atoms with Crippen LogP contribution < -0.4 is 5.73 Å². The summed E-state index contributed by atoms with van der Waals surface area (Å²) >= 11 is 0. The molecule has 2 N–H and O–H groups in total. The van der Waals surface area contributed by atoms with E-state index >= 15 is 0 Å². The Labute approximate surface area is 114 Å². The highest BCUT2D eigenvalue weighted by atomic mass is 16.5. The number of morpholine rings is 1. The number of hydrogen-bond donors (Lipinski definition) is 1. The Morgan fingerprint density at radius 1 is 1.37 bits per heavy atom. The van der Waals surface area contributed by atoms with E-state index in [2.05, 4.69) is 0 Å². The van der Waals surface area contributed by atoms with Gasteiger partial charge in [0.15, 0.2) is 0 Å². The minimum absolute atomic E-state index is 0.150. The topological polar surface area (TPSA) is 55.6 Å². The molecular weight excluding hydrogens is 240 g/mol. The maximum Gasteiger partial charge on any atom is 0.227 e. The fourth-order valence-electron chi connectivity index (χ4n) is 2.43. The zero-order valence-corrected chi connectivity index (χ0v) is 11.7. The molecular formula is C15H22N2O2. The largest absolute Gasteiger partial charge is 0.372 e. The van der Waals surface area contributed by atoms with Crippen LogP contribution in [-0.2, 0) is 22.5 Å². The van der Waals surface area contributed by atoms with Crippen LogP contribution in [0.4, 0.5) is 0 Å². The molecule has 1 saturated heterocycles. The number of carbonyl (C=O) groups is 1. The highest BCUT2D eigenvalue weighted by Crippen LogP contribution is 2.18. The molecule has 0 spiro atoms. The number of ether oxygens (including phenoxy) is 1. The summed E-state index contributed by atoms with van der Waals surface area (Å²) in [6, 6.07) is 7.86. The van der Waals surface area contributed by atoms with Gasteiger partial charge in [-0.2, -0.15) is 0 Å². The maximum atomic E-state index is 12.4. The summed E-state index contributed by atoms with van der Waals surface area (Å²) in [7, 11) is 0. The first kappa shape index (κ1) is 14.0. The number of benzene rings is 1. The third kappa shape index (κ3) is 3.55. The fourth-order valence-corrected chi connectivity index (χ4v) is 2.43. The number of nitrogens with two attached hydrogens (primary N) is 1. The van der Waals surface area contributed by atoms with Gasteiger partial charge in [0.1, 0.15) is 0 Å². The molecule has 104 valence electrons. The molecule has 0 aromatic heterocycles. The van der Waals surface area contributed by atoms with Crippen molar-refractivity contribution in [1.82, 2.24) is 4.90 Å². The summed E-state index contributed by atoms with van der Waals surface area (Å²) in [4.78, 5) is 14.2. The second-order valence-electron chi connectivity index (χ2n) is 5.57. The first-order valence-electron chi connectivity index (χ1n) is 6.70. The molecule has 4 heteroatoms. The van der Waals surface area contributed by atoms with Crippen molar-refractivity contribution >= 4 is 5.91 Å². The van der Waals surface area contributed by atoms with Crippen molar-refractivity contribution in [3.05, 3.63) is 35.4 Å². The maximum absolute atomic E-state index is 12.4. The van der Waals surface area contributed by atoms with E-state index < -0.39 is 0 Å². The molecule has 4 nitrogen and oxygen atoms in total. The Morgan fingerprint density at radius 3 is 2.68 bits per heavy atom. The monoisotopic (exact) mass is 262 g/mol. The average Bonchev–Trinajstić information content (AvgIpc) is 2.38. The van der Waals surface area contributed by atoms with Crippen molar-refractivity contribution in [2.45, 2.75) is 32.4 Å². The van der Waals surface area contributed by atoms with Gasteiger partial charge in [0.05, 0.1) is 18.6 Å². The number of carbonyl (C=O) groups excluding carboxylic acids is 1. The van der Waals surface area contributed by atoms with Crippen LogP contribution in [0.3, 0.4) is 0 Å². The molecule has 1 fully saturated rings. The fraction of sp³-hybridized carbons (Fsp3) is 0.533. The van der Waals surface area contributed by atoms with Crippen LogP contribution in [0.15, 0.2) is 24.3 Å². The third-order valence-corrected chi connectivity index (χ3v) is 3.46. The minimum atomic E-state index is -0.249. The van der Waals surface area contributed by atoms with E-state index in [-0.39, 0.29) is 11.5 Å². The molecule has 1 aliphatic heterocycles. The highest BCUT2D eigenvalue weighted by molar-refractivity contribution is 5.79. The smallest absolute Gasteiger partial charge is 0.227 e. The van der Waals surface area contributed by atoms with Gasteiger partial charge in [0, 0.05) is 19.6 Å². The summed E-state index contributed by atoms with van der Waals surface area (Å²) in [6.45, 7) is 6.43. The Morgan fingerprint density at radius 2 is 2.05 bits per heavy atom. The average molecular weight is 262 g/mol. The van der Waals surface area contributed by atoms with Crippen molar-refractivity contribution in [3.63, 3.8) is 0 Å². The molecule has 2 rings (SSSR count). The van der Waals surface area contributed by atoms with Crippen LogP contribution in [-0.4, -0.2) is 36.1 Å². The first-order chi connectivity index (χ1) is 9.02. The van der Waals surface area contributed by atoms with E-state index in [0.717, 1.165) is 11.1 Å². The van der Waals surface area contributed by atoms with E-state index in [4.69, 9.17) is 10.5 Å². The van der Waals surface area contributed by atoms with Gasteiger partial charge >= 0.3 is 0 Å². The summed E-state index contributed by atoms with van der Waals surface area (Å²) in [5, 5.41) is 0. The van der Waals surface area contributed by atoms with Gasteiger partial charge in [-0.15, -0.1) is 0 Å². The lowest BCUT2D eigenvalue weighted by Gasteiger charge is -2.38. The van der Waals surface area contributed by atoms with Gasteiger partial charge < -0.3 is 15.4 Å². The van der Waals surface area contributed by atoms with Crippen LogP contribution >= 0.6 is 0 Å². The molecule has 0 saturated carbocycles. The van der Waals surface area contributed by atoms with Gasteiger partial charge in [0.25, 0.3) is 0 Å². The Kier molecular flexibility index (Phi) is 4.22. The normalized spacial score (nSPS) is 18.4. The van der Waals surface area contributed by atoms with Gasteiger partial charge in [-0.05, 0) is 25.0 Å². The Bertz CT molecular complexity index is 457. The molecule has 1 aromatic rings. The molecule has 0 bridgehead atoms. The van der Waals surface area contributed by atoms with Crippen LogP contribution in [0.2, 0.25) is 0 Å². The van der Waals surface area contributed by atoms with Crippen LogP contribution in [0.25, 0.3) is 0 Å². The quantitative estimate of drug-likeness (QED) is 0.894. The number of rotatable bonds is 3. The van der Waals surface area contributed by atoms with Gasteiger partial charge in [-0.1, -0.05) is 24.3 Å². The van der Waals surface area contributed by atoms with E-state index in [0.29, 0.717) is 32.7 Å². The summed E-state index contributed by atoms with van der Waals surface area (Å²) in [5.41, 5.74) is 7.53. The predicted octanol–water partition coefficient (Wildman–Crippen LogP) is 1.33. The van der Waals surface area contributed by atoms with Gasteiger partial charge in [0.2, 0.25) is 5.91 Å². The second kappa shape index (κ2) is 5.72. The van der Waals surface area contributed by atoms with Crippen molar-refractivity contribution in [2.24, 2.45) is 5.73 Å². The van der Waals surface area contributed by atoms with Crippen molar-refractivity contribution in [2.75, 3.05) is 19.7 Å². The summed E-state index contributed by atoms with van der Waals surface area (Å²) in [6.07, 6.45) is 0.420. The highest BCUT2D eigenvalue weighted by Gasteiger charge is 2.29. The standard InChI is InChI=1S/C15H22N2O2/c1-15(2)11-17(7-8-19-15)14(18)9-12-5-3-4-6-13(12)10-16/h3-6H,7-11,16H2,1-2H3. The van der Waals surface area contributed by atoms with Crippen molar-refractivity contribution < 1.29 is 9.53 Å². The first-order valence-corrected chi connectivity index (χ1v) is 6.70. The van der Waals surface area contributed by atoms with Crippen LogP contribution in [0, 0.1) is 0 Å². The molecule has 1 aliphatic rings. The predicted molar refractivity (Wildman–Crippen MR) is 74.6 cm³/mol. The SMILES string of the molecule is CC1(C)CN(C(=O)Cc2ccccc2CN)CCO1. The third-order valence-electron chi connectivity index (χ3n) is 3.46. The number of hydrogen-bond acceptors (Lipinski definition) is 3. The zero-order chi connectivity index (χ0) is 13.9. The van der Waals surface area contributed by atoms with Crippen molar-refractivity contribution in [1.29, 1.82) is 0 Å².